The molecule has 0 radical (unpaired) electrons. The smallest absolute Gasteiger partial charge is 0.190 e. The molecule has 1 atom stereocenters. The average molecular weight is 361 g/mol. The molecule has 3 heterocycles. The predicted molar refractivity (Wildman–Crippen MR) is 89.5 cm³/mol. The number of nitrogens with zero attached hydrogens (tertiary/aromatic N) is 4. The van der Waals surface area contributed by atoms with Crippen molar-refractivity contribution in [1.82, 2.24) is 19.7 Å². The number of aromatic nitrogens is 3. The first-order valence-corrected chi connectivity index (χ1v) is 10.9. The van der Waals surface area contributed by atoms with Crippen LogP contribution in [0.15, 0.2) is 5.16 Å². The number of morpholine rings is 1. The monoisotopic (exact) mass is 360 g/mol. The fourth-order valence-electron chi connectivity index (χ4n) is 3.03. The third kappa shape index (κ3) is 4.68. The Morgan fingerprint density at radius 1 is 1.30 bits per heavy atom. The number of sulfone groups is 1. The third-order valence-electron chi connectivity index (χ3n) is 4.47. The molecule has 2 aliphatic heterocycles. The standard InChI is InChI=1S/C14H24N4O3S2/c1-17-13(10-12-2-9-23(19,20)11-12)15-16-14(17)22-8-5-18-3-6-21-7-4-18/h12H,2-11H2,1H3/t12-/m0/s1. The van der Waals surface area contributed by atoms with Gasteiger partial charge in [0.15, 0.2) is 15.0 Å². The molecule has 1 aromatic heterocycles. The molecule has 130 valence electrons. The van der Waals surface area contributed by atoms with Crippen LogP contribution in [0.1, 0.15) is 12.2 Å². The van der Waals surface area contributed by atoms with Crippen LogP contribution < -0.4 is 0 Å². The van der Waals surface area contributed by atoms with E-state index in [9.17, 15) is 8.42 Å². The Bertz CT molecular complexity index is 626. The van der Waals surface area contributed by atoms with Crippen molar-refractivity contribution in [3.05, 3.63) is 5.82 Å². The van der Waals surface area contributed by atoms with E-state index in [1.54, 1.807) is 11.8 Å². The van der Waals surface area contributed by atoms with Crippen molar-refractivity contribution in [2.75, 3.05) is 50.1 Å². The summed E-state index contributed by atoms with van der Waals surface area (Å²) in [5.41, 5.74) is 0. The molecule has 0 aromatic carbocycles. The Kier molecular flexibility index (Phi) is 5.61. The molecular formula is C14H24N4O3S2. The van der Waals surface area contributed by atoms with Crippen molar-refractivity contribution in [2.24, 2.45) is 13.0 Å². The average Bonchev–Trinajstić information content (AvgIpc) is 3.05. The zero-order valence-corrected chi connectivity index (χ0v) is 15.1. The highest BCUT2D eigenvalue weighted by molar-refractivity contribution is 7.99. The maximum absolute atomic E-state index is 11.6. The molecule has 23 heavy (non-hydrogen) atoms. The van der Waals surface area contributed by atoms with Gasteiger partial charge in [0.25, 0.3) is 0 Å². The number of hydrogen-bond donors (Lipinski definition) is 0. The lowest BCUT2D eigenvalue weighted by Gasteiger charge is -2.26. The summed E-state index contributed by atoms with van der Waals surface area (Å²) < 4.78 is 30.5. The second-order valence-electron chi connectivity index (χ2n) is 6.23. The minimum absolute atomic E-state index is 0.189. The number of hydrogen-bond acceptors (Lipinski definition) is 7. The third-order valence-corrected chi connectivity index (χ3v) is 7.30. The molecular weight excluding hydrogens is 336 g/mol. The summed E-state index contributed by atoms with van der Waals surface area (Å²) in [4.78, 5) is 2.40. The zero-order valence-electron chi connectivity index (χ0n) is 13.5. The molecule has 0 spiro atoms. The van der Waals surface area contributed by atoms with Crippen LogP contribution in [0.25, 0.3) is 0 Å². The zero-order chi connectivity index (χ0) is 16.3. The molecule has 0 unspecified atom stereocenters. The lowest BCUT2D eigenvalue weighted by molar-refractivity contribution is 0.0410. The Labute approximate surface area is 141 Å². The maximum Gasteiger partial charge on any atom is 0.190 e. The van der Waals surface area contributed by atoms with Crippen LogP contribution in [-0.2, 0) is 28.0 Å². The van der Waals surface area contributed by atoms with Crippen molar-refractivity contribution in [2.45, 2.75) is 18.0 Å². The molecule has 0 saturated carbocycles. The van der Waals surface area contributed by atoms with E-state index >= 15 is 0 Å². The van der Waals surface area contributed by atoms with Crippen molar-refractivity contribution in [3.8, 4) is 0 Å². The molecule has 1 aromatic rings. The highest BCUT2D eigenvalue weighted by Gasteiger charge is 2.29. The molecule has 2 saturated heterocycles. The summed E-state index contributed by atoms with van der Waals surface area (Å²) in [5, 5.41) is 9.43. The Hall–Kier alpha value is -0.640. The first kappa shape index (κ1) is 17.2. The topological polar surface area (TPSA) is 77.3 Å². The van der Waals surface area contributed by atoms with Crippen LogP contribution in [0.2, 0.25) is 0 Å². The molecule has 2 fully saturated rings. The quantitative estimate of drug-likeness (QED) is 0.672. The van der Waals surface area contributed by atoms with E-state index in [4.69, 9.17) is 4.74 Å². The molecule has 0 amide bonds. The SMILES string of the molecule is Cn1c(C[C@@H]2CCS(=O)(=O)C2)nnc1SCCN1CCOCC1. The van der Waals surface area contributed by atoms with E-state index in [-0.39, 0.29) is 5.92 Å². The van der Waals surface area contributed by atoms with Gasteiger partial charge in [-0.2, -0.15) is 0 Å². The fourth-order valence-corrected chi connectivity index (χ4v) is 5.82. The van der Waals surface area contributed by atoms with Gasteiger partial charge in [0, 0.05) is 38.9 Å². The van der Waals surface area contributed by atoms with Gasteiger partial charge in [0.05, 0.1) is 24.7 Å². The van der Waals surface area contributed by atoms with E-state index in [1.165, 1.54) is 0 Å². The molecule has 2 aliphatic rings. The van der Waals surface area contributed by atoms with Gasteiger partial charge in [0.1, 0.15) is 5.82 Å². The highest BCUT2D eigenvalue weighted by atomic mass is 32.2. The van der Waals surface area contributed by atoms with Crippen LogP contribution in [0.4, 0.5) is 0 Å². The second-order valence-corrected chi connectivity index (χ2v) is 9.52. The highest BCUT2D eigenvalue weighted by Crippen LogP contribution is 2.23. The van der Waals surface area contributed by atoms with Crippen LogP contribution >= 0.6 is 11.8 Å². The predicted octanol–water partition coefficient (Wildman–Crippen LogP) is 0.217. The minimum atomic E-state index is -2.83. The summed E-state index contributed by atoms with van der Waals surface area (Å²) in [6.07, 6.45) is 1.45. The van der Waals surface area contributed by atoms with Gasteiger partial charge in [-0.05, 0) is 12.3 Å². The number of rotatable bonds is 6. The van der Waals surface area contributed by atoms with Crippen LogP contribution in [0, 0.1) is 5.92 Å². The van der Waals surface area contributed by atoms with Crippen molar-refractivity contribution in [1.29, 1.82) is 0 Å². The fraction of sp³-hybridized carbons (Fsp3) is 0.857. The summed E-state index contributed by atoms with van der Waals surface area (Å²) in [7, 11) is -0.859. The second kappa shape index (κ2) is 7.50. The summed E-state index contributed by atoms with van der Waals surface area (Å²) in [6.45, 7) is 4.67. The van der Waals surface area contributed by atoms with Crippen molar-refractivity contribution < 1.29 is 13.2 Å². The lowest BCUT2D eigenvalue weighted by Crippen LogP contribution is -2.37. The normalized spacial score (nSPS) is 25.0. The first-order valence-electron chi connectivity index (χ1n) is 8.05. The molecule has 3 rings (SSSR count). The molecule has 0 bridgehead atoms. The lowest BCUT2D eigenvalue weighted by atomic mass is 10.1. The van der Waals surface area contributed by atoms with Gasteiger partial charge < -0.3 is 9.30 Å². The van der Waals surface area contributed by atoms with E-state index in [2.05, 4.69) is 15.1 Å². The van der Waals surface area contributed by atoms with E-state index in [0.717, 1.165) is 56.0 Å². The van der Waals surface area contributed by atoms with E-state index in [0.29, 0.717) is 17.9 Å². The summed E-state index contributed by atoms with van der Waals surface area (Å²) in [6, 6.07) is 0. The van der Waals surface area contributed by atoms with E-state index < -0.39 is 9.84 Å². The van der Waals surface area contributed by atoms with Crippen LogP contribution in [-0.4, -0.2) is 78.2 Å². The minimum Gasteiger partial charge on any atom is -0.379 e. The first-order chi connectivity index (χ1) is 11.0. The van der Waals surface area contributed by atoms with Gasteiger partial charge in [-0.3, -0.25) is 4.90 Å². The Morgan fingerprint density at radius 2 is 2.09 bits per heavy atom. The van der Waals surface area contributed by atoms with Crippen molar-refractivity contribution in [3.63, 3.8) is 0 Å². The summed E-state index contributed by atoms with van der Waals surface area (Å²) >= 11 is 1.71. The van der Waals surface area contributed by atoms with Gasteiger partial charge in [-0.1, -0.05) is 11.8 Å². The summed E-state index contributed by atoms with van der Waals surface area (Å²) in [5.74, 6) is 2.66. The molecule has 0 aliphatic carbocycles. The number of thioether (sulfide) groups is 1. The molecule has 9 heteroatoms. The number of ether oxygens (including phenoxy) is 1. The Morgan fingerprint density at radius 3 is 2.78 bits per heavy atom. The van der Waals surface area contributed by atoms with Gasteiger partial charge in [-0.25, -0.2) is 8.42 Å². The van der Waals surface area contributed by atoms with Crippen molar-refractivity contribution >= 4 is 21.6 Å². The van der Waals surface area contributed by atoms with Gasteiger partial charge in [-0.15, -0.1) is 10.2 Å². The maximum atomic E-state index is 11.6. The van der Waals surface area contributed by atoms with Gasteiger partial charge in [0.2, 0.25) is 0 Å². The van der Waals surface area contributed by atoms with Crippen LogP contribution in [0.3, 0.4) is 0 Å². The molecule has 7 nitrogen and oxygen atoms in total. The molecule has 0 N–H and O–H groups in total. The van der Waals surface area contributed by atoms with Gasteiger partial charge >= 0.3 is 0 Å². The van der Waals surface area contributed by atoms with Crippen LogP contribution in [0.5, 0.6) is 0 Å². The largest absolute Gasteiger partial charge is 0.379 e. The Balaban J connectivity index is 1.48. The van der Waals surface area contributed by atoms with E-state index in [1.807, 2.05) is 11.6 Å².